The van der Waals surface area contributed by atoms with E-state index in [-0.39, 0.29) is 17.6 Å². The Hall–Kier alpha value is -4.26. The minimum absolute atomic E-state index is 0.345. The molecule has 3 aromatic carbocycles. The van der Waals surface area contributed by atoms with Crippen molar-refractivity contribution in [1.82, 2.24) is 15.1 Å². The maximum absolute atomic E-state index is 13.8. The predicted molar refractivity (Wildman–Crippen MR) is 132 cm³/mol. The fourth-order valence-electron chi connectivity index (χ4n) is 4.67. The van der Waals surface area contributed by atoms with Crippen LogP contribution in [0.4, 0.5) is 10.2 Å². The molecule has 35 heavy (non-hydrogen) atoms. The number of hydrogen-bond acceptors (Lipinski definition) is 3. The Labute approximate surface area is 202 Å². The fraction of sp³-hybridized carbons (Fsp3) is 0.179. The molecule has 1 aliphatic rings. The van der Waals surface area contributed by atoms with Gasteiger partial charge in [0.1, 0.15) is 17.7 Å². The van der Waals surface area contributed by atoms with Gasteiger partial charge in [-0.25, -0.2) is 9.07 Å². The Morgan fingerprint density at radius 2 is 1.77 bits per heavy atom. The van der Waals surface area contributed by atoms with E-state index in [9.17, 15) is 14.0 Å². The Morgan fingerprint density at radius 1 is 1.03 bits per heavy atom. The first-order chi connectivity index (χ1) is 16.9. The van der Waals surface area contributed by atoms with Gasteiger partial charge in [-0.3, -0.25) is 9.59 Å². The molecule has 176 valence electrons. The number of nitrogens with one attached hydrogen (secondary N) is 2. The molecule has 0 aliphatic carbocycles. The van der Waals surface area contributed by atoms with Gasteiger partial charge in [0.25, 0.3) is 5.91 Å². The summed E-state index contributed by atoms with van der Waals surface area (Å²) in [6.45, 7) is 4.27. The van der Waals surface area contributed by atoms with Gasteiger partial charge in [-0.2, -0.15) is 5.10 Å². The highest BCUT2D eigenvalue weighted by atomic mass is 19.1. The van der Waals surface area contributed by atoms with E-state index in [2.05, 4.69) is 10.6 Å². The van der Waals surface area contributed by atoms with Crippen molar-refractivity contribution in [2.75, 3.05) is 5.32 Å². The highest BCUT2D eigenvalue weighted by Crippen LogP contribution is 2.40. The lowest BCUT2D eigenvalue weighted by molar-refractivity contribution is -0.118. The molecule has 2 atom stereocenters. The van der Waals surface area contributed by atoms with Crippen LogP contribution in [-0.2, 0) is 11.3 Å². The molecule has 1 aromatic heterocycles. The van der Waals surface area contributed by atoms with Gasteiger partial charge in [0, 0.05) is 17.0 Å². The van der Waals surface area contributed by atoms with E-state index in [4.69, 9.17) is 5.10 Å². The van der Waals surface area contributed by atoms with E-state index in [1.165, 1.54) is 12.1 Å². The first kappa shape index (κ1) is 22.5. The molecule has 1 aliphatic heterocycles. The minimum Gasteiger partial charge on any atom is -0.339 e. The molecule has 2 heterocycles. The molecule has 4 aromatic rings. The van der Waals surface area contributed by atoms with E-state index in [0.29, 0.717) is 17.9 Å². The lowest BCUT2D eigenvalue weighted by atomic mass is 9.82. The van der Waals surface area contributed by atoms with Gasteiger partial charge in [-0.05, 0) is 49.2 Å². The maximum atomic E-state index is 13.8. The third-order valence-corrected chi connectivity index (χ3v) is 6.31. The molecule has 0 unspecified atom stereocenters. The number of fused-ring (bicyclic) bond motifs is 1. The van der Waals surface area contributed by atoms with Crippen LogP contribution in [0.15, 0.2) is 78.9 Å². The molecule has 2 amide bonds. The largest absolute Gasteiger partial charge is 0.339 e. The number of aryl methyl sites for hydroxylation is 2. The number of amides is 2. The highest BCUT2D eigenvalue weighted by Gasteiger charge is 2.41. The molecule has 0 spiro atoms. The summed E-state index contributed by atoms with van der Waals surface area (Å²) in [6, 6.07) is 22.2. The van der Waals surface area contributed by atoms with Crippen LogP contribution in [0.2, 0.25) is 0 Å². The number of anilines is 1. The summed E-state index contributed by atoms with van der Waals surface area (Å²) in [5.74, 6) is -1.00. The van der Waals surface area contributed by atoms with Crippen molar-refractivity contribution in [3.05, 3.63) is 118 Å². The van der Waals surface area contributed by atoms with Crippen LogP contribution in [0.1, 0.15) is 44.2 Å². The molecular formula is C28H25FN4O2. The third-order valence-electron chi connectivity index (χ3n) is 6.31. The molecule has 0 bridgehead atoms. The van der Waals surface area contributed by atoms with Crippen LogP contribution in [-0.4, -0.2) is 27.6 Å². The lowest BCUT2D eigenvalue weighted by Crippen LogP contribution is -2.50. The molecule has 5 rings (SSSR count). The van der Waals surface area contributed by atoms with Crippen LogP contribution >= 0.6 is 0 Å². The van der Waals surface area contributed by atoms with Gasteiger partial charge < -0.3 is 10.6 Å². The SMILES string of the molecule is Cc1cccc(C(=O)N[C@@H]2C(=O)Nc3c(c(C)nn3Cc3ccccc3)[C@@H]2c2ccc(F)cc2)c1. The van der Waals surface area contributed by atoms with E-state index >= 15 is 0 Å². The molecule has 7 heteroatoms. The van der Waals surface area contributed by atoms with Crippen LogP contribution in [0.25, 0.3) is 0 Å². The molecule has 2 N–H and O–H groups in total. The molecule has 0 saturated carbocycles. The van der Waals surface area contributed by atoms with E-state index < -0.39 is 12.0 Å². The molecule has 6 nitrogen and oxygen atoms in total. The lowest BCUT2D eigenvalue weighted by Gasteiger charge is -2.33. The first-order valence-corrected chi connectivity index (χ1v) is 11.5. The summed E-state index contributed by atoms with van der Waals surface area (Å²) in [7, 11) is 0. The van der Waals surface area contributed by atoms with Crippen LogP contribution in [0.5, 0.6) is 0 Å². The number of hydrogen-bond donors (Lipinski definition) is 2. The number of nitrogens with zero attached hydrogens (tertiary/aromatic N) is 2. The van der Waals surface area contributed by atoms with Gasteiger partial charge >= 0.3 is 0 Å². The number of rotatable bonds is 5. The summed E-state index contributed by atoms with van der Waals surface area (Å²) in [6.07, 6.45) is 0. The van der Waals surface area contributed by atoms with E-state index in [0.717, 1.165) is 27.9 Å². The first-order valence-electron chi connectivity index (χ1n) is 11.5. The zero-order valence-corrected chi connectivity index (χ0v) is 19.5. The standard InChI is InChI=1S/C28H25FN4O2/c1-17-7-6-10-21(15-17)27(34)30-25-24(20-11-13-22(29)14-12-20)23-18(2)32-33(26(23)31-28(25)35)16-19-8-4-3-5-9-19/h3-15,24-25H,16H2,1-2H3,(H,30,34)(H,31,35)/t24-,25-/m0/s1. The monoisotopic (exact) mass is 468 g/mol. The average molecular weight is 469 g/mol. The summed E-state index contributed by atoms with van der Waals surface area (Å²) in [5.41, 5.74) is 4.72. The highest BCUT2D eigenvalue weighted by molar-refractivity contribution is 6.04. The maximum Gasteiger partial charge on any atom is 0.251 e. The predicted octanol–water partition coefficient (Wildman–Crippen LogP) is 4.57. The van der Waals surface area contributed by atoms with E-state index in [1.807, 2.05) is 50.2 Å². The Balaban J connectivity index is 1.57. The van der Waals surface area contributed by atoms with Crippen LogP contribution in [0.3, 0.4) is 0 Å². The van der Waals surface area contributed by atoms with Crippen LogP contribution < -0.4 is 10.6 Å². The van der Waals surface area contributed by atoms with Crippen molar-refractivity contribution in [3.8, 4) is 0 Å². The number of carbonyl (C=O) groups excluding carboxylic acids is 2. The zero-order chi connectivity index (χ0) is 24.5. The number of benzene rings is 3. The molecule has 0 fully saturated rings. The fourth-order valence-corrected chi connectivity index (χ4v) is 4.67. The van der Waals surface area contributed by atoms with Crippen molar-refractivity contribution in [1.29, 1.82) is 0 Å². The molecule has 0 radical (unpaired) electrons. The number of aromatic nitrogens is 2. The topological polar surface area (TPSA) is 76.0 Å². The van der Waals surface area contributed by atoms with Gasteiger partial charge in [0.2, 0.25) is 5.91 Å². The summed E-state index contributed by atoms with van der Waals surface area (Å²) < 4.78 is 15.5. The third kappa shape index (κ3) is 4.45. The van der Waals surface area contributed by atoms with Crippen molar-refractivity contribution in [2.45, 2.75) is 32.4 Å². The average Bonchev–Trinajstić information content (AvgIpc) is 3.15. The minimum atomic E-state index is -0.894. The smallest absolute Gasteiger partial charge is 0.251 e. The molecule has 0 saturated heterocycles. The van der Waals surface area contributed by atoms with Gasteiger partial charge in [0.05, 0.1) is 12.2 Å². The van der Waals surface area contributed by atoms with Crippen LogP contribution in [0, 0.1) is 19.7 Å². The van der Waals surface area contributed by atoms with Gasteiger partial charge in [-0.1, -0.05) is 60.2 Å². The molecular weight excluding hydrogens is 443 g/mol. The zero-order valence-electron chi connectivity index (χ0n) is 19.5. The number of halogens is 1. The van der Waals surface area contributed by atoms with Crippen molar-refractivity contribution >= 4 is 17.6 Å². The second-order valence-corrected chi connectivity index (χ2v) is 8.83. The normalized spacial score (nSPS) is 16.9. The quantitative estimate of drug-likeness (QED) is 0.451. The summed E-state index contributed by atoms with van der Waals surface area (Å²) in [5, 5.41) is 10.6. The second kappa shape index (κ2) is 9.18. The van der Waals surface area contributed by atoms with Gasteiger partial charge in [-0.15, -0.1) is 0 Å². The second-order valence-electron chi connectivity index (χ2n) is 8.83. The number of carbonyl (C=O) groups is 2. The Bertz CT molecular complexity index is 1400. The van der Waals surface area contributed by atoms with Crippen molar-refractivity contribution < 1.29 is 14.0 Å². The Kier molecular flexibility index (Phi) is 5.91. The van der Waals surface area contributed by atoms with Gasteiger partial charge in [0.15, 0.2) is 0 Å². The van der Waals surface area contributed by atoms with Crippen molar-refractivity contribution in [2.24, 2.45) is 0 Å². The summed E-state index contributed by atoms with van der Waals surface area (Å²) >= 11 is 0. The van der Waals surface area contributed by atoms with Crippen molar-refractivity contribution in [3.63, 3.8) is 0 Å². The van der Waals surface area contributed by atoms with E-state index in [1.54, 1.807) is 35.0 Å². The summed E-state index contributed by atoms with van der Waals surface area (Å²) in [4.78, 5) is 26.5. The Morgan fingerprint density at radius 3 is 2.49 bits per heavy atom.